The van der Waals surface area contributed by atoms with Gasteiger partial charge in [-0.2, -0.15) is 0 Å². The highest BCUT2D eigenvalue weighted by Gasteiger charge is 2.16. The summed E-state index contributed by atoms with van der Waals surface area (Å²) in [6, 6.07) is 5.63. The third-order valence-corrected chi connectivity index (χ3v) is 3.55. The molecule has 94 valence electrons. The minimum Gasteiger partial charge on any atom is -0.477 e. The Labute approximate surface area is 106 Å². The van der Waals surface area contributed by atoms with Gasteiger partial charge in [0.1, 0.15) is 6.33 Å². The molecule has 1 fully saturated rings. The second kappa shape index (κ2) is 4.80. The molecule has 0 bridgehead atoms. The first-order chi connectivity index (χ1) is 8.83. The zero-order valence-corrected chi connectivity index (χ0v) is 10.3. The molecule has 0 saturated heterocycles. The summed E-state index contributed by atoms with van der Waals surface area (Å²) in [6.45, 7) is 0.760. The van der Waals surface area contributed by atoms with Crippen LogP contribution in [0.3, 0.4) is 0 Å². The normalized spacial score (nSPS) is 16.2. The lowest BCUT2D eigenvalue weighted by Crippen LogP contribution is -2.09. The summed E-state index contributed by atoms with van der Waals surface area (Å²) < 4.78 is 5.85. The molecule has 1 aliphatic carbocycles. The molecule has 2 N–H and O–H groups in total. The smallest absolute Gasteiger partial charge is 0.224 e. The average molecular weight is 243 g/mol. The fraction of sp³-hybridized carbons (Fsp3) is 0.429. The number of rotatable bonds is 3. The van der Waals surface area contributed by atoms with Crippen LogP contribution in [0, 0.1) is 5.92 Å². The molecule has 0 unspecified atom stereocenters. The topological polar surface area (TPSA) is 61.0 Å². The zero-order valence-electron chi connectivity index (χ0n) is 10.3. The molecule has 1 saturated carbocycles. The summed E-state index contributed by atoms with van der Waals surface area (Å²) in [5, 5.41) is 0.935. The van der Waals surface area contributed by atoms with E-state index < -0.39 is 0 Å². The van der Waals surface area contributed by atoms with Crippen molar-refractivity contribution in [3.8, 4) is 5.88 Å². The SMILES string of the molecule is Nc1ccc2c(OCC3CCCC3)ncnc2c1. The van der Waals surface area contributed by atoms with Gasteiger partial charge in [0.05, 0.1) is 17.5 Å². The molecule has 18 heavy (non-hydrogen) atoms. The maximum absolute atomic E-state index is 5.85. The van der Waals surface area contributed by atoms with E-state index in [9.17, 15) is 0 Å². The van der Waals surface area contributed by atoms with Gasteiger partial charge in [-0.25, -0.2) is 9.97 Å². The Hall–Kier alpha value is -1.84. The molecule has 1 heterocycles. The van der Waals surface area contributed by atoms with Crippen molar-refractivity contribution in [2.45, 2.75) is 25.7 Å². The second-order valence-corrected chi connectivity index (χ2v) is 4.92. The van der Waals surface area contributed by atoms with Crippen LogP contribution in [-0.2, 0) is 0 Å². The van der Waals surface area contributed by atoms with E-state index >= 15 is 0 Å². The van der Waals surface area contributed by atoms with Crippen LogP contribution in [0.1, 0.15) is 25.7 Å². The number of ether oxygens (including phenoxy) is 1. The lowest BCUT2D eigenvalue weighted by Gasteiger charge is -2.11. The minimum atomic E-state index is 0.673. The fourth-order valence-electron chi connectivity index (χ4n) is 2.54. The Morgan fingerprint density at radius 2 is 2.06 bits per heavy atom. The van der Waals surface area contributed by atoms with Crippen molar-refractivity contribution in [1.82, 2.24) is 9.97 Å². The number of fused-ring (bicyclic) bond motifs is 1. The van der Waals surface area contributed by atoms with Gasteiger partial charge in [0, 0.05) is 5.69 Å². The first kappa shape index (κ1) is 11.3. The Morgan fingerprint density at radius 3 is 2.89 bits per heavy atom. The highest BCUT2D eigenvalue weighted by molar-refractivity contribution is 5.85. The molecule has 1 aliphatic rings. The number of hydrogen-bond donors (Lipinski definition) is 1. The van der Waals surface area contributed by atoms with E-state index in [4.69, 9.17) is 10.5 Å². The van der Waals surface area contributed by atoms with E-state index in [0.29, 0.717) is 17.5 Å². The van der Waals surface area contributed by atoms with Crippen molar-refractivity contribution in [1.29, 1.82) is 0 Å². The van der Waals surface area contributed by atoms with Gasteiger partial charge in [-0.3, -0.25) is 0 Å². The van der Waals surface area contributed by atoms with Crippen molar-refractivity contribution >= 4 is 16.6 Å². The quantitative estimate of drug-likeness (QED) is 0.842. The molecule has 1 aromatic carbocycles. The molecule has 4 nitrogen and oxygen atoms in total. The number of nitrogens with two attached hydrogens (primary N) is 1. The summed E-state index contributed by atoms with van der Waals surface area (Å²) in [6.07, 6.45) is 6.74. The first-order valence-corrected chi connectivity index (χ1v) is 6.46. The van der Waals surface area contributed by atoms with Crippen LogP contribution in [0.25, 0.3) is 10.9 Å². The number of hydrogen-bond acceptors (Lipinski definition) is 4. The van der Waals surface area contributed by atoms with E-state index in [2.05, 4.69) is 9.97 Å². The summed E-state index contributed by atoms with van der Waals surface area (Å²) in [7, 11) is 0. The monoisotopic (exact) mass is 243 g/mol. The first-order valence-electron chi connectivity index (χ1n) is 6.46. The standard InChI is InChI=1S/C14H17N3O/c15-11-5-6-12-13(7-11)16-9-17-14(12)18-8-10-3-1-2-4-10/h5-7,9-10H,1-4,8,15H2. The van der Waals surface area contributed by atoms with Gasteiger partial charge >= 0.3 is 0 Å². The van der Waals surface area contributed by atoms with E-state index in [1.165, 1.54) is 32.0 Å². The third-order valence-electron chi connectivity index (χ3n) is 3.55. The average Bonchev–Trinajstić information content (AvgIpc) is 2.89. The molecule has 0 atom stereocenters. The lowest BCUT2D eigenvalue weighted by molar-refractivity contribution is 0.246. The largest absolute Gasteiger partial charge is 0.477 e. The molecule has 4 heteroatoms. The Morgan fingerprint density at radius 1 is 1.22 bits per heavy atom. The molecule has 3 rings (SSSR count). The van der Waals surface area contributed by atoms with Crippen LogP contribution < -0.4 is 10.5 Å². The third kappa shape index (κ3) is 2.23. The van der Waals surface area contributed by atoms with Gasteiger partial charge in [-0.1, -0.05) is 12.8 Å². The second-order valence-electron chi connectivity index (χ2n) is 4.92. The fourth-order valence-corrected chi connectivity index (χ4v) is 2.54. The molecule has 0 amide bonds. The van der Waals surface area contributed by atoms with Gasteiger partial charge in [0.2, 0.25) is 5.88 Å². The predicted molar refractivity (Wildman–Crippen MR) is 71.4 cm³/mol. The summed E-state index contributed by atoms with van der Waals surface area (Å²) in [4.78, 5) is 8.43. The van der Waals surface area contributed by atoms with Crippen molar-refractivity contribution in [3.63, 3.8) is 0 Å². The summed E-state index contributed by atoms with van der Waals surface area (Å²) in [5.74, 6) is 1.36. The molecule has 0 radical (unpaired) electrons. The van der Waals surface area contributed by atoms with Crippen LogP contribution in [0.5, 0.6) is 5.88 Å². The Bertz CT molecular complexity index is 550. The molecule has 1 aromatic heterocycles. The van der Waals surface area contributed by atoms with Crippen LogP contribution in [0.2, 0.25) is 0 Å². The lowest BCUT2D eigenvalue weighted by atomic mass is 10.1. The Kier molecular flexibility index (Phi) is 3.00. The number of nitrogen functional groups attached to an aromatic ring is 1. The number of aromatic nitrogens is 2. The number of anilines is 1. The number of benzene rings is 1. The van der Waals surface area contributed by atoms with Gasteiger partial charge < -0.3 is 10.5 Å². The molecule has 0 spiro atoms. The van der Waals surface area contributed by atoms with E-state index in [1.54, 1.807) is 0 Å². The Balaban J connectivity index is 1.82. The van der Waals surface area contributed by atoms with Crippen LogP contribution in [-0.4, -0.2) is 16.6 Å². The van der Waals surface area contributed by atoms with Crippen LogP contribution in [0.4, 0.5) is 5.69 Å². The van der Waals surface area contributed by atoms with E-state index in [-0.39, 0.29) is 0 Å². The van der Waals surface area contributed by atoms with Gasteiger partial charge in [0.15, 0.2) is 0 Å². The maximum atomic E-state index is 5.85. The van der Waals surface area contributed by atoms with Gasteiger partial charge in [-0.05, 0) is 37.0 Å². The highest BCUT2D eigenvalue weighted by atomic mass is 16.5. The highest BCUT2D eigenvalue weighted by Crippen LogP contribution is 2.27. The van der Waals surface area contributed by atoms with Gasteiger partial charge in [-0.15, -0.1) is 0 Å². The molecule has 2 aromatic rings. The summed E-state index contributed by atoms with van der Waals surface area (Å²) in [5.41, 5.74) is 7.30. The van der Waals surface area contributed by atoms with Crippen LogP contribution in [0.15, 0.2) is 24.5 Å². The molecular weight excluding hydrogens is 226 g/mol. The van der Waals surface area contributed by atoms with Crippen molar-refractivity contribution in [3.05, 3.63) is 24.5 Å². The minimum absolute atomic E-state index is 0.673. The van der Waals surface area contributed by atoms with Crippen molar-refractivity contribution < 1.29 is 4.74 Å². The number of nitrogens with zero attached hydrogens (tertiary/aromatic N) is 2. The maximum Gasteiger partial charge on any atom is 0.224 e. The predicted octanol–water partition coefficient (Wildman–Crippen LogP) is 2.78. The van der Waals surface area contributed by atoms with E-state index in [1.807, 2.05) is 18.2 Å². The van der Waals surface area contributed by atoms with Crippen molar-refractivity contribution in [2.24, 2.45) is 5.92 Å². The summed E-state index contributed by atoms with van der Waals surface area (Å²) >= 11 is 0. The van der Waals surface area contributed by atoms with Crippen LogP contribution >= 0.6 is 0 Å². The molecular formula is C14H17N3O. The van der Waals surface area contributed by atoms with E-state index in [0.717, 1.165) is 17.5 Å². The molecule has 0 aliphatic heterocycles. The zero-order chi connectivity index (χ0) is 12.4. The van der Waals surface area contributed by atoms with Gasteiger partial charge in [0.25, 0.3) is 0 Å². The van der Waals surface area contributed by atoms with Crippen molar-refractivity contribution in [2.75, 3.05) is 12.3 Å².